The Morgan fingerprint density at radius 1 is 1.36 bits per heavy atom. The number of aliphatic hydroxyl groups is 1. The molecule has 1 unspecified atom stereocenters. The van der Waals surface area contributed by atoms with Gasteiger partial charge < -0.3 is 9.52 Å². The van der Waals surface area contributed by atoms with E-state index in [-0.39, 0.29) is 6.10 Å². The molecule has 0 saturated heterocycles. The fourth-order valence-corrected chi connectivity index (χ4v) is 1.59. The Hall–Kier alpha value is -1.28. The van der Waals surface area contributed by atoms with E-state index in [0.717, 1.165) is 23.8 Å². The third-order valence-electron chi connectivity index (χ3n) is 2.39. The summed E-state index contributed by atoms with van der Waals surface area (Å²) in [7, 11) is 0. The molecule has 0 spiro atoms. The molecule has 1 N–H and O–H groups in total. The minimum atomic E-state index is -0.247. The van der Waals surface area contributed by atoms with Gasteiger partial charge in [0, 0.05) is 5.39 Å². The molecule has 2 heteroatoms. The van der Waals surface area contributed by atoms with Crippen LogP contribution in [0.1, 0.15) is 18.9 Å². The van der Waals surface area contributed by atoms with E-state index in [1.165, 1.54) is 5.56 Å². The molecule has 1 atom stereocenters. The number of furan rings is 1. The van der Waals surface area contributed by atoms with Crippen molar-refractivity contribution in [3.63, 3.8) is 0 Å². The number of fused-ring (bicyclic) bond motifs is 1. The van der Waals surface area contributed by atoms with Crippen molar-refractivity contribution in [1.82, 2.24) is 0 Å². The van der Waals surface area contributed by atoms with E-state index in [2.05, 4.69) is 6.07 Å². The smallest absolute Gasteiger partial charge is 0.134 e. The lowest BCUT2D eigenvalue weighted by Crippen LogP contribution is -2.00. The van der Waals surface area contributed by atoms with Crippen LogP contribution in [0, 0.1) is 0 Å². The lowest BCUT2D eigenvalue weighted by molar-refractivity contribution is 0.185. The number of aryl methyl sites for hydroxylation is 1. The summed E-state index contributed by atoms with van der Waals surface area (Å²) in [6, 6.07) is 7.98. The van der Waals surface area contributed by atoms with Crippen molar-refractivity contribution in [3.8, 4) is 0 Å². The molecule has 14 heavy (non-hydrogen) atoms. The minimum absolute atomic E-state index is 0.247. The van der Waals surface area contributed by atoms with Crippen molar-refractivity contribution in [2.24, 2.45) is 0 Å². The Morgan fingerprint density at radius 2 is 2.14 bits per heavy atom. The van der Waals surface area contributed by atoms with Crippen molar-refractivity contribution in [2.45, 2.75) is 25.9 Å². The van der Waals surface area contributed by atoms with Crippen molar-refractivity contribution in [3.05, 3.63) is 36.1 Å². The SMILES string of the molecule is CC(O)CCc1coc2ccccc12. The van der Waals surface area contributed by atoms with Gasteiger partial charge in [-0.3, -0.25) is 0 Å². The summed E-state index contributed by atoms with van der Waals surface area (Å²) in [4.78, 5) is 0. The van der Waals surface area contributed by atoms with Gasteiger partial charge in [0.05, 0.1) is 12.4 Å². The third kappa shape index (κ3) is 1.80. The maximum atomic E-state index is 9.19. The minimum Gasteiger partial charge on any atom is -0.464 e. The van der Waals surface area contributed by atoms with Crippen LogP contribution in [0.5, 0.6) is 0 Å². The van der Waals surface area contributed by atoms with Crippen LogP contribution in [0.15, 0.2) is 34.9 Å². The highest BCUT2D eigenvalue weighted by Gasteiger charge is 2.05. The highest BCUT2D eigenvalue weighted by atomic mass is 16.3. The normalized spacial score (nSPS) is 13.3. The van der Waals surface area contributed by atoms with E-state index in [0.29, 0.717) is 0 Å². The molecule has 0 aliphatic heterocycles. The van der Waals surface area contributed by atoms with E-state index >= 15 is 0 Å². The molecule has 0 saturated carbocycles. The van der Waals surface area contributed by atoms with Crippen LogP contribution in [0.2, 0.25) is 0 Å². The molecule has 2 rings (SSSR count). The van der Waals surface area contributed by atoms with Gasteiger partial charge in [-0.05, 0) is 31.4 Å². The van der Waals surface area contributed by atoms with Gasteiger partial charge in [0.2, 0.25) is 0 Å². The first-order valence-corrected chi connectivity index (χ1v) is 4.90. The summed E-state index contributed by atoms with van der Waals surface area (Å²) in [6.07, 6.45) is 3.19. The van der Waals surface area contributed by atoms with E-state index in [1.807, 2.05) is 25.1 Å². The van der Waals surface area contributed by atoms with Crippen LogP contribution in [-0.4, -0.2) is 11.2 Å². The number of hydrogen-bond donors (Lipinski definition) is 1. The molecule has 0 fully saturated rings. The number of aliphatic hydroxyl groups excluding tert-OH is 1. The maximum absolute atomic E-state index is 9.19. The maximum Gasteiger partial charge on any atom is 0.134 e. The Labute approximate surface area is 83.2 Å². The van der Waals surface area contributed by atoms with Gasteiger partial charge in [0.25, 0.3) is 0 Å². The Balaban J connectivity index is 2.25. The monoisotopic (exact) mass is 190 g/mol. The molecule has 74 valence electrons. The first kappa shape index (κ1) is 9.28. The molecule has 1 aromatic carbocycles. The molecule has 2 aromatic rings. The van der Waals surface area contributed by atoms with E-state index < -0.39 is 0 Å². The summed E-state index contributed by atoms with van der Waals surface area (Å²) in [5.41, 5.74) is 2.11. The van der Waals surface area contributed by atoms with Crippen molar-refractivity contribution >= 4 is 11.0 Å². The van der Waals surface area contributed by atoms with Crippen LogP contribution >= 0.6 is 0 Å². The molecular weight excluding hydrogens is 176 g/mol. The molecule has 0 aliphatic carbocycles. The number of benzene rings is 1. The Kier molecular flexibility index (Phi) is 2.55. The van der Waals surface area contributed by atoms with Gasteiger partial charge in [0.1, 0.15) is 5.58 Å². The summed E-state index contributed by atoms with van der Waals surface area (Å²) in [5.74, 6) is 0. The molecule has 1 heterocycles. The van der Waals surface area contributed by atoms with E-state index in [9.17, 15) is 5.11 Å². The number of para-hydroxylation sites is 1. The summed E-state index contributed by atoms with van der Waals surface area (Å²) in [5, 5.41) is 10.4. The standard InChI is InChI=1S/C12H14O2/c1-9(13)6-7-10-8-14-12-5-3-2-4-11(10)12/h2-5,8-9,13H,6-7H2,1H3. The second-order valence-electron chi connectivity index (χ2n) is 3.64. The highest BCUT2D eigenvalue weighted by molar-refractivity contribution is 5.80. The van der Waals surface area contributed by atoms with Crippen LogP contribution in [0.25, 0.3) is 11.0 Å². The van der Waals surface area contributed by atoms with Crippen molar-refractivity contribution < 1.29 is 9.52 Å². The van der Waals surface area contributed by atoms with Gasteiger partial charge in [-0.15, -0.1) is 0 Å². The average Bonchev–Trinajstić information content (AvgIpc) is 2.58. The largest absolute Gasteiger partial charge is 0.464 e. The van der Waals surface area contributed by atoms with Gasteiger partial charge >= 0.3 is 0 Å². The second kappa shape index (κ2) is 3.84. The topological polar surface area (TPSA) is 33.4 Å². The summed E-state index contributed by atoms with van der Waals surface area (Å²) in [6.45, 7) is 1.81. The van der Waals surface area contributed by atoms with Gasteiger partial charge in [-0.1, -0.05) is 18.2 Å². The second-order valence-corrected chi connectivity index (χ2v) is 3.64. The quantitative estimate of drug-likeness (QED) is 0.807. The summed E-state index contributed by atoms with van der Waals surface area (Å²) >= 11 is 0. The fraction of sp³-hybridized carbons (Fsp3) is 0.333. The molecule has 0 aliphatic rings. The first-order chi connectivity index (χ1) is 6.77. The predicted octanol–water partition coefficient (Wildman–Crippen LogP) is 2.75. The molecule has 0 radical (unpaired) electrons. The molecule has 2 nitrogen and oxygen atoms in total. The molecule has 1 aromatic heterocycles. The van der Waals surface area contributed by atoms with Crippen LogP contribution in [-0.2, 0) is 6.42 Å². The van der Waals surface area contributed by atoms with Gasteiger partial charge in [-0.25, -0.2) is 0 Å². The van der Waals surface area contributed by atoms with E-state index in [1.54, 1.807) is 6.26 Å². The fourth-order valence-electron chi connectivity index (χ4n) is 1.59. The lowest BCUT2D eigenvalue weighted by atomic mass is 10.1. The zero-order valence-corrected chi connectivity index (χ0v) is 8.23. The summed E-state index contributed by atoms with van der Waals surface area (Å²) < 4.78 is 5.40. The Bertz CT molecular complexity index is 415. The molecule has 0 bridgehead atoms. The first-order valence-electron chi connectivity index (χ1n) is 4.90. The number of hydrogen-bond acceptors (Lipinski definition) is 2. The highest BCUT2D eigenvalue weighted by Crippen LogP contribution is 2.21. The lowest BCUT2D eigenvalue weighted by Gasteiger charge is -2.01. The van der Waals surface area contributed by atoms with Crippen LogP contribution in [0.4, 0.5) is 0 Å². The Morgan fingerprint density at radius 3 is 2.93 bits per heavy atom. The van der Waals surface area contributed by atoms with Gasteiger partial charge in [-0.2, -0.15) is 0 Å². The van der Waals surface area contributed by atoms with Crippen LogP contribution in [0.3, 0.4) is 0 Å². The van der Waals surface area contributed by atoms with Crippen LogP contribution < -0.4 is 0 Å². The molecule has 0 amide bonds. The predicted molar refractivity (Wildman–Crippen MR) is 56.2 cm³/mol. The van der Waals surface area contributed by atoms with E-state index in [4.69, 9.17) is 4.42 Å². The third-order valence-corrected chi connectivity index (χ3v) is 2.39. The van der Waals surface area contributed by atoms with Crippen molar-refractivity contribution in [2.75, 3.05) is 0 Å². The molecular formula is C12H14O2. The zero-order chi connectivity index (χ0) is 9.97. The average molecular weight is 190 g/mol. The number of rotatable bonds is 3. The van der Waals surface area contributed by atoms with Gasteiger partial charge in [0.15, 0.2) is 0 Å². The zero-order valence-electron chi connectivity index (χ0n) is 8.23. The van der Waals surface area contributed by atoms with Crippen molar-refractivity contribution in [1.29, 1.82) is 0 Å².